The Hall–Kier alpha value is -1.57. The summed E-state index contributed by atoms with van der Waals surface area (Å²) in [6.07, 6.45) is -2.91. The standard InChI is InChI=1S/C11H9BrF3N3O/c12-5-9-7-18(17-16-9)6-8-1-3-10(4-2-8)19-11(13,14)15/h1-4,7H,5-6H2. The third kappa shape index (κ3) is 4.23. The molecule has 0 saturated heterocycles. The van der Waals surface area contributed by atoms with Crippen molar-refractivity contribution >= 4 is 15.9 Å². The van der Waals surface area contributed by atoms with Gasteiger partial charge in [-0.2, -0.15) is 0 Å². The number of ether oxygens (including phenoxy) is 1. The zero-order chi connectivity index (χ0) is 13.9. The van der Waals surface area contributed by atoms with Gasteiger partial charge < -0.3 is 4.74 Å². The number of alkyl halides is 4. The van der Waals surface area contributed by atoms with Gasteiger partial charge in [0.25, 0.3) is 0 Å². The molecule has 0 unspecified atom stereocenters. The average Bonchev–Trinajstić information content (AvgIpc) is 2.77. The molecule has 8 heteroatoms. The average molecular weight is 336 g/mol. The molecule has 2 aromatic rings. The van der Waals surface area contributed by atoms with Gasteiger partial charge in [-0.1, -0.05) is 33.3 Å². The second kappa shape index (κ2) is 5.60. The van der Waals surface area contributed by atoms with Crippen LogP contribution in [-0.4, -0.2) is 21.4 Å². The molecule has 1 aromatic heterocycles. The Bertz CT molecular complexity index is 539. The molecule has 2 rings (SSSR count). The first-order valence-corrected chi connectivity index (χ1v) is 6.38. The minimum atomic E-state index is -4.67. The molecule has 0 amide bonds. The normalized spacial score (nSPS) is 11.6. The number of halogens is 4. The van der Waals surface area contributed by atoms with Crippen LogP contribution in [-0.2, 0) is 11.9 Å². The summed E-state index contributed by atoms with van der Waals surface area (Å²) in [5.41, 5.74) is 1.59. The number of hydrogen-bond donors (Lipinski definition) is 0. The van der Waals surface area contributed by atoms with E-state index in [-0.39, 0.29) is 5.75 Å². The SMILES string of the molecule is FC(F)(F)Oc1ccc(Cn2cc(CBr)nn2)cc1. The molecule has 19 heavy (non-hydrogen) atoms. The van der Waals surface area contributed by atoms with Crippen molar-refractivity contribution in [3.8, 4) is 5.75 Å². The quantitative estimate of drug-likeness (QED) is 0.806. The fraction of sp³-hybridized carbons (Fsp3) is 0.273. The number of aromatic nitrogens is 3. The van der Waals surface area contributed by atoms with Gasteiger partial charge in [0.2, 0.25) is 0 Å². The molecule has 0 aliphatic rings. The van der Waals surface area contributed by atoms with E-state index in [0.29, 0.717) is 11.9 Å². The summed E-state index contributed by atoms with van der Waals surface area (Å²) < 4.78 is 41.3. The highest BCUT2D eigenvalue weighted by Crippen LogP contribution is 2.22. The lowest BCUT2D eigenvalue weighted by Crippen LogP contribution is -2.17. The fourth-order valence-corrected chi connectivity index (χ4v) is 1.72. The predicted octanol–water partition coefficient (Wildman–Crippen LogP) is 3.12. The molecule has 0 saturated carbocycles. The maximum Gasteiger partial charge on any atom is 0.573 e. The second-order valence-electron chi connectivity index (χ2n) is 3.73. The van der Waals surface area contributed by atoms with E-state index < -0.39 is 6.36 Å². The van der Waals surface area contributed by atoms with Gasteiger partial charge in [-0.05, 0) is 17.7 Å². The molecule has 0 spiro atoms. The summed E-state index contributed by atoms with van der Waals surface area (Å²) >= 11 is 3.25. The van der Waals surface area contributed by atoms with Crippen LogP contribution >= 0.6 is 15.9 Å². The zero-order valence-electron chi connectivity index (χ0n) is 9.56. The molecule has 0 aliphatic carbocycles. The van der Waals surface area contributed by atoms with Gasteiger partial charge in [-0.15, -0.1) is 18.3 Å². The minimum absolute atomic E-state index is 0.240. The van der Waals surface area contributed by atoms with Crippen LogP contribution in [0.2, 0.25) is 0 Å². The van der Waals surface area contributed by atoms with Crippen LogP contribution in [0.1, 0.15) is 11.3 Å². The Kier molecular flexibility index (Phi) is 4.08. The smallest absolute Gasteiger partial charge is 0.406 e. The molecular weight excluding hydrogens is 327 g/mol. The summed E-state index contributed by atoms with van der Waals surface area (Å²) in [7, 11) is 0. The van der Waals surface area contributed by atoms with E-state index in [9.17, 15) is 13.2 Å². The van der Waals surface area contributed by atoms with E-state index in [1.54, 1.807) is 23.0 Å². The molecule has 4 nitrogen and oxygen atoms in total. The second-order valence-corrected chi connectivity index (χ2v) is 4.29. The Morgan fingerprint density at radius 3 is 2.42 bits per heavy atom. The number of nitrogens with zero attached hydrogens (tertiary/aromatic N) is 3. The lowest BCUT2D eigenvalue weighted by Gasteiger charge is -2.09. The summed E-state index contributed by atoms with van der Waals surface area (Å²) in [5, 5.41) is 8.38. The van der Waals surface area contributed by atoms with Gasteiger partial charge in [0, 0.05) is 11.5 Å². The van der Waals surface area contributed by atoms with Crippen molar-refractivity contribution in [2.24, 2.45) is 0 Å². The molecule has 1 heterocycles. The highest BCUT2D eigenvalue weighted by molar-refractivity contribution is 9.08. The summed E-state index contributed by atoms with van der Waals surface area (Å²) in [4.78, 5) is 0. The van der Waals surface area contributed by atoms with E-state index in [4.69, 9.17) is 0 Å². The van der Waals surface area contributed by atoms with Crippen molar-refractivity contribution in [2.45, 2.75) is 18.2 Å². The van der Waals surface area contributed by atoms with Crippen molar-refractivity contribution in [1.29, 1.82) is 0 Å². The van der Waals surface area contributed by atoms with E-state index in [2.05, 4.69) is 31.0 Å². The minimum Gasteiger partial charge on any atom is -0.406 e. The van der Waals surface area contributed by atoms with E-state index in [1.165, 1.54) is 12.1 Å². The van der Waals surface area contributed by atoms with Crippen LogP contribution in [0.3, 0.4) is 0 Å². The predicted molar refractivity (Wildman–Crippen MR) is 64.9 cm³/mol. The maximum absolute atomic E-state index is 12.0. The van der Waals surface area contributed by atoms with Crippen LogP contribution < -0.4 is 4.74 Å². The number of benzene rings is 1. The van der Waals surface area contributed by atoms with Gasteiger partial charge >= 0.3 is 6.36 Å². The largest absolute Gasteiger partial charge is 0.573 e. The van der Waals surface area contributed by atoms with Crippen LogP contribution in [0.4, 0.5) is 13.2 Å². The lowest BCUT2D eigenvalue weighted by atomic mass is 10.2. The summed E-state index contributed by atoms with van der Waals surface area (Å²) in [5.74, 6) is -0.240. The Morgan fingerprint density at radius 1 is 1.21 bits per heavy atom. The molecule has 0 aliphatic heterocycles. The van der Waals surface area contributed by atoms with Crippen molar-refractivity contribution in [3.05, 3.63) is 41.7 Å². The monoisotopic (exact) mass is 335 g/mol. The summed E-state index contributed by atoms with van der Waals surface area (Å²) in [6, 6.07) is 5.64. The van der Waals surface area contributed by atoms with Crippen molar-refractivity contribution in [3.63, 3.8) is 0 Å². The molecule has 1 aromatic carbocycles. The van der Waals surface area contributed by atoms with Crippen molar-refractivity contribution in [1.82, 2.24) is 15.0 Å². The van der Waals surface area contributed by atoms with Crippen LogP contribution in [0.5, 0.6) is 5.75 Å². The summed E-state index contributed by atoms with van der Waals surface area (Å²) in [6.45, 7) is 0.437. The number of hydrogen-bond acceptors (Lipinski definition) is 3. The molecule has 0 fully saturated rings. The topological polar surface area (TPSA) is 39.9 Å². The zero-order valence-corrected chi connectivity index (χ0v) is 11.1. The molecular formula is C11H9BrF3N3O. The van der Waals surface area contributed by atoms with Gasteiger partial charge in [0.05, 0.1) is 12.2 Å². The van der Waals surface area contributed by atoms with Gasteiger partial charge in [0.1, 0.15) is 5.75 Å². The molecule has 0 N–H and O–H groups in total. The molecule has 0 atom stereocenters. The van der Waals surface area contributed by atoms with Crippen LogP contribution in [0.15, 0.2) is 30.5 Å². The number of rotatable bonds is 4. The van der Waals surface area contributed by atoms with E-state index in [0.717, 1.165) is 11.3 Å². The third-order valence-electron chi connectivity index (χ3n) is 2.22. The van der Waals surface area contributed by atoms with Gasteiger partial charge in [0.15, 0.2) is 0 Å². The maximum atomic E-state index is 12.0. The van der Waals surface area contributed by atoms with E-state index in [1.807, 2.05) is 0 Å². The first kappa shape index (κ1) is 13.9. The van der Waals surface area contributed by atoms with Crippen molar-refractivity contribution < 1.29 is 17.9 Å². The third-order valence-corrected chi connectivity index (χ3v) is 2.80. The Morgan fingerprint density at radius 2 is 1.89 bits per heavy atom. The van der Waals surface area contributed by atoms with Gasteiger partial charge in [-0.25, -0.2) is 4.68 Å². The van der Waals surface area contributed by atoms with E-state index >= 15 is 0 Å². The van der Waals surface area contributed by atoms with Crippen molar-refractivity contribution in [2.75, 3.05) is 0 Å². The highest BCUT2D eigenvalue weighted by atomic mass is 79.9. The lowest BCUT2D eigenvalue weighted by molar-refractivity contribution is -0.274. The molecule has 102 valence electrons. The Balaban J connectivity index is 2.02. The first-order chi connectivity index (χ1) is 8.96. The van der Waals surface area contributed by atoms with Crippen LogP contribution in [0.25, 0.3) is 0 Å². The first-order valence-electron chi connectivity index (χ1n) is 5.26. The van der Waals surface area contributed by atoms with Crippen LogP contribution in [0, 0.1) is 0 Å². The Labute approximate surface area is 115 Å². The molecule has 0 radical (unpaired) electrons. The van der Waals surface area contributed by atoms with Gasteiger partial charge in [-0.3, -0.25) is 0 Å². The molecule has 0 bridgehead atoms. The highest BCUT2D eigenvalue weighted by Gasteiger charge is 2.30. The fourth-order valence-electron chi connectivity index (χ4n) is 1.46.